The molecule has 0 atom stereocenters. The average molecular weight is 1190 g/mol. The molecule has 0 aromatic carbocycles. The number of aryl methyl sites for hydroxylation is 6. The van der Waals surface area contributed by atoms with E-state index in [0.29, 0.717) is 33.8 Å². The quantitative estimate of drug-likeness (QED) is 0.0660. The van der Waals surface area contributed by atoms with E-state index < -0.39 is 23.9 Å². The Morgan fingerprint density at radius 1 is 0.365 bits per heavy atom. The number of nitrogens with one attached hydrogen (secondary N) is 4. The van der Waals surface area contributed by atoms with E-state index in [4.69, 9.17) is 19.9 Å². The summed E-state index contributed by atoms with van der Waals surface area (Å²) in [6.07, 6.45) is 7.62. The van der Waals surface area contributed by atoms with Gasteiger partial charge in [0.25, 0.3) is 0 Å². The van der Waals surface area contributed by atoms with Gasteiger partial charge in [-0.15, -0.1) is 0 Å². The minimum atomic E-state index is -1.14. The monoisotopic (exact) mass is 1190 g/mol. The first-order chi connectivity index (χ1) is 40.0. The van der Waals surface area contributed by atoms with Crippen molar-refractivity contribution in [2.75, 3.05) is 0 Å². The third kappa shape index (κ3) is 12.3. The molecule has 85 heavy (non-hydrogen) atoms. The van der Waals surface area contributed by atoms with Crippen LogP contribution in [0.25, 0.3) is 101 Å². The molecule has 0 saturated carbocycles. The van der Waals surface area contributed by atoms with E-state index >= 15 is 0 Å². The Balaban J connectivity index is 0.000000219. The summed E-state index contributed by atoms with van der Waals surface area (Å²) in [7, 11) is 0. The van der Waals surface area contributed by atoms with Crippen LogP contribution in [0.1, 0.15) is 156 Å². The van der Waals surface area contributed by atoms with Crippen LogP contribution in [-0.4, -0.2) is 81.3 Å². The van der Waals surface area contributed by atoms with Gasteiger partial charge in [0.05, 0.1) is 45.6 Å². The molecule has 0 fully saturated rings. The largest absolute Gasteiger partial charge is 4.00 e. The first-order valence-electron chi connectivity index (χ1n) is 27.7. The summed E-state index contributed by atoms with van der Waals surface area (Å²) >= 11 is 0. The molecule has 17 heteroatoms. The minimum absolute atomic E-state index is 0. The van der Waals surface area contributed by atoms with Gasteiger partial charge in [-0.3, -0.25) is 0 Å². The Hall–Kier alpha value is -9.42. The SMILES string of the molecule is C=CC1=C(C)c2cc3[nH]c(cc4nc(cc5[nH]c(cc1n2)c(C)c5CCC(=O)[O-])C(CCC(=O)[O-])=C4C)c(C)c3C=C.C=CC1=C(C)c2cc3[nH]c(cc4nc(cc5[nH]c(cc1n2)c(C)c5CCC(=O)[O-])C(CCC(=O)[O-])=C4C)c(C)c3C=C.[Ge+4]. The number of hydrogen-bond acceptors (Lipinski definition) is 12. The molecule has 0 saturated heterocycles. The molecule has 0 aliphatic carbocycles. The zero-order valence-corrected chi connectivity index (χ0v) is 51.1. The fraction of sp³-hybridized carbons (Fsp3) is 0.235. The Morgan fingerprint density at radius 2 is 0.635 bits per heavy atom. The normalized spacial score (nSPS) is 12.9. The summed E-state index contributed by atoms with van der Waals surface area (Å²) in [5.74, 6) is -4.56. The molecule has 0 amide bonds. The zero-order valence-electron chi connectivity index (χ0n) is 49.0. The van der Waals surface area contributed by atoms with Crippen molar-refractivity contribution in [1.82, 2.24) is 39.9 Å². The Labute approximate surface area is 503 Å². The summed E-state index contributed by atoms with van der Waals surface area (Å²) in [5.41, 5.74) is 26.5. The van der Waals surface area contributed by atoms with Crippen LogP contribution in [0.15, 0.2) is 87.0 Å². The standard InChI is InChI=1S/2C34H34N4O4.Ge/c2*1-7-21-17(3)25-13-26-19(5)23(9-11-33(39)40)31(37-26)16-32-24(10-12-34(41)42)20(6)28(38-32)15-30-22(8-2)18(4)27(36-30)14-29(21)35-25;/h2*7-8,13-16,35,38H,1-2,9-12H2,3-6H3,(H,39,40)(H,41,42);/q;;+4/p-4. The molecule has 16 nitrogen and oxygen atoms in total. The van der Waals surface area contributed by atoms with Crippen molar-refractivity contribution < 1.29 is 39.6 Å². The van der Waals surface area contributed by atoms with Crippen molar-refractivity contribution in [1.29, 1.82) is 0 Å². The van der Waals surface area contributed by atoms with Crippen LogP contribution in [0.2, 0.25) is 0 Å². The predicted molar refractivity (Wildman–Crippen MR) is 332 cm³/mol. The molecule has 0 radical (unpaired) electrons. The van der Waals surface area contributed by atoms with Gasteiger partial charge in [0.1, 0.15) is 0 Å². The van der Waals surface area contributed by atoms with E-state index in [-0.39, 0.29) is 69.0 Å². The van der Waals surface area contributed by atoms with Crippen molar-refractivity contribution in [3.8, 4) is 0 Å². The molecule has 6 aromatic heterocycles. The molecule has 4 aliphatic heterocycles. The molecule has 4 N–H and O–H groups in total. The summed E-state index contributed by atoms with van der Waals surface area (Å²) in [4.78, 5) is 79.3. The smallest absolute Gasteiger partial charge is 0.550 e. The number of allylic oxidation sites excluding steroid dienone is 10. The maximum atomic E-state index is 11.4. The van der Waals surface area contributed by atoms with Crippen LogP contribution in [0.4, 0.5) is 0 Å². The number of rotatable bonds is 16. The zero-order chi connectivity index (χ0) is 60.6. The molecule has 0 unspecified atom stereocenters. The van der Waals surface area contributed by atoms with Crippen LogP contribution in [-0.2, 0) is 32.0 Å². The number of carboxylic acids is 4. The predicted octanol–water partition coefficient (Wildman–Crippen LogP) is 9.29. The van der Waals surface area contributed by atoms with Gasteiger partial charge in [0, 0.05) is 90.3 Å². The molecule has 10 rings (SSSR count). The topological polar surface area (TPSA) is 275 Å². The number of nitrogens with zero attached hydrogens (tertiary/aromatic N) is 4. The van der Waals surface area contributed by atoms with E-state index in [1.807, 2.05) is 116 Å². The van der Waals surface area contributed by atoms with Crippen LogP contribution in [0.5, 0.6) is 0 Å². The number of aromatic amines is 4. The Bertz CT molecular complexity index is 4120. The number of fused-ring (bicyclic) bond motifs is 16. The summed E-state index contributed by atoms with van der Waals surface area (Å²) < 4.78 is 0. The van der Waals surface area contributed by atoms with Crippen LogP contribution in [0, 0.1) is 27.7 Å². The molecular weight excluding hydrogens is 1130 g/mol. The van der Waals surface area contributed by atoms with E-state index in [1.54, 1.807) is 12.2 Å². The third-order valence-corrected chi connectivity index (χ3v) is 16.4. The Kier molecular flexibility index (Phi) is 18.3. The number of H-pyrrole nitrogens is 4. The van der Waals surface area contributed by atoms with Gasteiger partial charge in [0.15, 0.2) is 0 Å². The molecule has 6 aromatic rings. The second-order valence-electron chi connectivity index (χ2n) is 21.4. The Morgan fingerprint density at radius 3 is 0.965 bits per heavy atom. The number of aromatic nitrogens is 8. The molecule has 428 valence electrons. The van der Waals surface area contributed by atoms with Crippen LogP contribution in [0.3, 0.4) is 0 Å². The fourth-order valence-corrected chi connectivity index (χ4v) is 11.5. The molecular formula is C68H64GeN8O8. The second-order valence-corrected chi connectivity index (χ2v) is 21.4. The summed E-state index contributed by atoms with van der Waals surface area (Å²) in [6.45, 7) is 31.9. The third-order valence-electron chi connectivity index (χ3n) is 16.4. The van der Waals surface area contributed by atoms with Gasteiger partial charge in [-0.25, -0.2) is 19.9 Å². The first-order valence-corrected chi connectivity index (χ1v) is 27.7. The van der Waals surface area contributed by atoms with Crippen molar-refractivity contribution >= 4 is 142 Å². The number of carbonyl (C=O) groups is 4. The van der Waals surface area contributed by atoms with Crippen molar-refractivity contribution in [2.24, 2.45) is 0 Å². The van der Waals surface area contributed by atoms with Crippen molar-refractivity contribution in [3.63, 3.8) is 0 Å². The molecule has 10 heterocycles. The maximum absolute atomic E-state index is 11.4. The van der Waals surface area contributed by atoms with E-state index in [0.717, 1.165) is 145 Å². The van der Waals surface area contributed by atoms with Gasteiger partial charge < -0.3 is 59.5 Å². The van der Waals surface area contributed by atoms with E-state index in [9.17, 15) is 39.6 Å². The first kappa shape index (κ1) is 61.6. The summed E-state index contributed by atoms with van der Waals surface area (Å²) in [5, 5.41) is 45.6. The van der Waals surface area contributed by atoms with Gasteiger partial charge in [-0.1, -0.05) is 50.6 Å². The second kappa shape index (κ2) is 25.2. The minimum Gasteiger partial charge on any atom is -0.550 e. The van der Waals surface area contributed by atoms with Gasteiger partial charge >= 0.3 is 17.6 Å². The number of carboxylic acid groups (broad SMARTS) is 4. The summed E-state index contributed by atoms with van der Waals surface area (Å²) in [6, 6.07) is 15.6. The van der Waals surface area contributed by atoms with E-state index in [1.165, 1.54) is 0 Å². The number of hydrogen-bond donors (Lipinski definition) is 4. The van der Waals surface area contributed by atoms with E-state index in [2.05, 4.69) is 46.3 Å². The number of carbonyl (C=O) groups excluding carboxylic acids is 4. The van der Waals surface area contributed by atoms with Gasteiger partial charge in [-0.2, -0.15) is 0 Å². The van der Waals surface area contributed by atoms with Gasteiger partial charge in [-0.05, 0) is 222 Å². The van der Waals surface area contributed by atoms with Crippen LogP contribution >= 0.6 is 0 Å². The molecule has 16 bridgehead atoms. The van der Waals surface area contributed by atoms with Crippen molar-refractivity contribution in [3.05, 3.63) is 177 Å². The van der Waals surface area contributed by atoms with Crippen LogP contribution < -0.4 is 20.4 Å². The van der Waals surface area contributed by atoms with Gasteiger partial charge in [0.2, 0.25) is 0 Å². The fourth-order valence-electron chi connectivity index (χ4n) is 11.5. The molecule has 4 aliphatic rings. The molecule has 0 spiro atoms. The van der Waals surface area contributed by atoms with Crippen molar-refractivity contribution in [2.45, 2.75) is 107 Å². The average Bonchev–Trinajstić information content (AvgIpc) is 1.94. The number of aliphatic carboxylic acids is 4. The maximum Gasteiger partial charge on any atom is 4.00 e.